The van der Waals surface area contributed by atoms with Crippen molar-refractivity contribution in [1.82, 2.24) is 4.90 Å². The van der Waals surface area contributed by atoms with E-state index in [1.165, 1.54) is 0 Å². The first-order chi connectivity index (χ1) is 14.5. The van der Waals surface area contributed by atoms with Crippen LogP contribution in [0.1, 0.15) is 52.5 Å². The van der Waals surface area contributed by atoms with Crippen LogP contribution in [0.3, 0.4) is 0 Å². The van der Waals surface area contributed by atoms with Crippen molar-refractivity contribution in [2.24, 2.45) is 0 Å². The molecule has 30 heavy (non-hydrogen) atoms. The van der Waals surface area contributed by atoms with E-state index in [9.17, 15) is 14.4 Å². The van der Waals surface area contributed by atoms with Gasteiger partial charge in [0, 0.05) is 24.1 Å². The number of fused-ring (bicyclic) bond motifs is 1. The van der Waals surface area contributed by atoms with E-state index in [4.69, 9.17) is 9.47 Å². The number of benzene rings is 2. The molecular weight excluding hydrogens is 382 g/mol. The minimum Gasteiger partial charge on any atom is -0.493 e. The SMILES string of the molecule is CC1(C(=O)OCC(=O)c2ccc3c(c2)CCO3)CCCCN1C(=O)c1ccccc1. The third kappa shape index (κ3) is 3.82. The number of ether oxygens (including phenoxy) is 2. The smallest absolute Gasteiger partial charge is 0.332 e. The van der Waals surface area contributed by atoms with Crippen LogP contribution in [-0.4, -0.2) is 47.9 Å². The van der Waals surface area contributed by atoms with Crippen LogP contribution in [-0.2, 0) is 16.0 Å². The molecule has 6 heteroatoms. The quantitative estimate of drug-likeness (QED) is 0.561. The number of ketones is 1. The number of esters is 1. The van der Waals surface area contributed by atoms with Gasteiger partial charge in [-0.2, -0.15) is 0 Å². The van der Waals surface area contributed by atoms with E-state index in [-0.39, 0.29) is 18.3 Å². The molecular formula is C24H25NO5. The van der Waals surface area contributed by atoms with Crippen LogP contribution < -0.4 is 4.74 Å². The van der Waals surface area contributed by atoms with Gasteiger partial charge in [-0.25, -0.2) is 4.79 Å². The van der Waals surface area contributed by atoms with Gasteiger partial charge in [-0.15, -0.1) is 0 Å². The zero-order valence-electron chi connectivity index (χ0n) is 17.1. The summed E-state index contributed by atoms with van der Waals surface area (Å²) in [6.07, 6.45) is 2.93. The van der Waals surface area contributed by atoms with Gasteiger partial charge in [-0.3, -0.25) is 9.59 Å². The Hall–Kier alpha value is -3.15. The fourth-order valence-electron chi connectivity index (χ4n) is 4.13. The van der Waals surface area contributed by atoms with Crippen LogP contribution in [0.15, 0.2) is 48.5 Å². The van der Waals surface area contributed by atoms with E-state index in [1.54, 1.807) is 54.3 Å². The number of rotatable bonds is 5. The van der Waals surface area contributed by atoms with Gasteiger partial charge >= 0.3 is 5.97 Å². The highest BCUT2D eigenvalue weighted by atomic mass is 16.5. The van der Waals surface area contributed by atoms with Gasteiger partial charge in [0.25, 0.3) is 5.91 Å². The predicted molar refractivity (Wildman–Crippen MR) is 111 cm³/mol. The summed E-state index contributed by atoms with van der Waals surface area (Å²) in [5.74, 6) is -0.198. The third-order valence-electron chi connectivity index (χ3n) is 5.94. The molecule has 2 aromatic carbocycles. The molecule has 0 N–H and O–H groups in total. The summed E-state index contributed by atoms with van der Waals surface area (Å²) in [5, 5.41) is 0. The van der Waals surface area contributed by atoms with Crippen molar-refractivity contribution in [3.63, 3.8) is 0 Å². The first-order valence-electron chi connectivity index (χ1n) is 10.3. The summed E-state index contributed by atoms with van der Waals surface area (Å²) < 4.78 is 10.9. The van der Waals surface area contributed by atoms with Gasteiger partial charge in [-0.1, -0.05) is 18.2 Å². The Morgan fingerprint density at radius 1 is 1.07 bits per heavy atom. The molecule has 6 nitrogen and oxygen atoms in total. The Balaban J connectivity index is 1.45. The number of Topliss-reactive ketones (excluding diaryl/α,β-unsaturated/α-hetero) is 1. The molecule has 156 valence electrons. The highest BCUT2D eigenvalue weighted by molar-refractivity contribution is 6.00. The van der Waals surface area contributed by atoms with Crippen LogP contribution in [0.4, 0.5) is 0 Å². The molecule has 1 amide bonds. The van der Waals surface area contributed by atoms with Gasteiger partial charge in [-0.05, 0) is 62.1 Å². The summed E-state index contributed by atoms with van der Waals surface area (Å²) in [6.45, 7) is 2.48. The second kappa shape index (κ2) is 8.30. The van der Waals surface area contributed by atoms with Crippen LogP contribution in [0.5, 0.6) is 5.75 Å². The lowest BCUT2D eigenvalue weighted by molar-refractivity contribution is -0.156. The van der Waals surface area contributed by atoms with Crippen molar-refractivity contribution in [1.29, 1.82) is 0 Å². The number of likely N-dealkylation sites (tertiary alicyclic amines) is 1. The lowest BCUT2D eigenvalue weighted by Crippen LogP contribution is -2.58. The molecule has 0 radical (unpaired) electrons. The number of nitrogens with zero attached hydrogens (tertiary/aromatic N) is 1. The first-order valence-corrected chi connectivity index (χ1v) is 10.3. The van der Waals surface area contributed by atoms with Crippen molar-refractivity contribution in [3.8, 4) is 5.75 Å². The second-order valence-corrected chi connectivity index (χ2v) is 7.97. The molecule has 0 aliphatic carbocycles. The molecule has 0 spiro atoms. The van der Waals surface area contributed by atoms with Crippen molar-refractivity contribution in [3.05, 3.63) is 65.2 Å². The number of hydrogen-bond acceptors (Lipinski definition) is 5. The summed E-state index contributed by atoms with van der Waals surface area (Å²) in [5.41, 5.74) is 0.941. The Morgan fingerprint density at radius 2 is 1.87 bits per heavy atom. The molecule has 0 bridgehead atoms. The van der Waals surface area contributed by atoms with E-state index in [1.807, 2.05) is 6.07 Å². The summed E-state index contributed by atoms with van der Waals surface area (Å²) in [6, 6.07) is 14.2. The number of piperidine rings is 1. The summed E-state index contributed by atoms with van der Waals surface area (Å²) in [7, 11) is 0. The normalized spacial score (nSPS) is 20.2. The minimum absolute atomic E-state index is 0.195. The molecule has 0 aromatic heterocycles. The molecule has 4 rings (SSSR count). The number of amides is 1. The van der Waals surface area contributed by atoms with Crippen LogP contribution in [0, 0.1) is 0 Å². The monoisotopic (exact) mass is 407 g/mol. The van der Waals surface area contributed by atoms with E-state index in [2.05, 4.69) is 0 Å². The number of carbonyl (C=O) groups excluding carboxylic acids is 3. The molecule has 1 unspecified atom stereocenters. The van der Waals surface area contributed by atoms with Crippen molar-refractivity contribution in [2.45, 2.75) is 38.1 Å². The Morgan fingerprint density at radius 3 is 2.67 bits per heavy atom. The van der Waals surface area contributed by atoms with Crippen LogP contribution in [0.25, 0.3) is 0 Å². The Kier molecular flexibility index (Phi) is 5.57. The molecule has 2 aliphatic rings. The predicted octanol–water partition coefficient (Wildman–Crippen LogP) is 3.43. The lowest BCUT2D eigenvalue weighted by Gasteiger charge is -2.42. The first kappa shape index (κ1) is 20.1. The van der Waals surface area contributed by atoms with Gasteiger partial charge < -0.3 is 14.4 Å². The summed E-state index contributed by atoms with van der Waals surface area (Å²) in [4.78, 5) is 40.2. The van der Waals surface area contributed by atoms with Crippen LogP contribution in [0.2, 0.25) is 0 Å². The summed E-state index contributed by atoms with van der Waals surface area (Å²) >= 11 is 0. The highest BCUT2D eigenvalue weighted by Crippen LogP contribution is 2.31. The number of hydrogen-bond donors (Lipinski definition) is 0. The molecule has 2 heterocycles. The van der Waals surface area contributed by atoms with Gasteiger partial charge in [0.15, 0.2) is 12.4 Å². The van der Waals surface area contributed by atoms with Crippen LogP contribution >= 0.6 is 0 Å². The zero-order chi connectivity index (χ0) is 21.1. The second-order valence-electron chi connectivity index (χ2n) is 7.97. The molecule has 1 atom stereocenters. The fourth-order valence-corrected chi connectivity index (χ4v) is 4.13. The van der Waals surface area contributed by atoms with E-state index < -0.39 is 11.5 Å². The fraction of sp³-hybridized carbons (Fsp3) is 0.375. The van der Waals surface area contributed by atoms with E-state index >= 15 is 0 Å². The maximum Gasteiger partial charge on any atom is 0.332 e. The van der Waals surface area contributed by atoms with Gasteiger partial charge in [0.2, 0.25) is 0 Å². The molecule has 2 aliphatic heterocycles. The molecule has 2 aromatic rings. The average molecular weight is 407 g/mol. The van der Waals surface area contributed by atoms with E-state index in [0.717, 1.165) is 30.6 Å². The zero-order valence-corrected chi connectivity index (χ0v) is 17.1. The molecule has 0 saturated carbocycles. The Labute approximate surface area is 175 Å². The van der Waals surface area contributed by atoms with Crippen molar-refractivity contribution < 1.29 is 23.9 Å². The minimum atomic E-state index is -1.09. The number of carbonyl (C=O) groups is 3. The maximum absolute atomic E-state index is 13.0. The maximum atomic E-state index is 13.0. The van der Waals surface area contributed by atoms with Gasteiger partial charge in [0.05, 0.1) is 6.61 Å². The lowest BCUT2D eigenvalue weighted by atomic mass is 9.87. The topological polar surface area (TPSA) is 72.9 Å². The van der Waals surface area contributed by atoms with E-state index in [0.29, 0.717) is 30.7 Å². The van der Waals surface area contributed by atoms with Gasteiger partial charge in [0.1, 0.15) is 11.3 Å². The standard InChI is InChI=1S/C24H25NO5/c1-24(12-5-6-13-25(24)22(27)17-7-3-2-4-8-17)23(28)30-16-20(26)18-9-10-21-19(15-18)11-14-29-21/h2-4,7-10,15H,5-6,11-14,16H2,1H3. The molecule has 1 saturated heterocycles. The highest BCUT2D eigenvalue weighted by Gasteiger charge is 2.45. The largest absolute Gasteiger partial charge is 0.493 e. The van der Waals surface area contributed by atoms with Crippen molar-refractivity contribution >= 4 is 17.7 Å². The Bertz CT molecular complexity index is 971. The molecule has 1 fully saturated rings. The van der Waals surface area contributed by atoms with Crippen molar-refractivity contribution in [2.75, 3.05) is 19.8 Å². The average Bonchev–Trinajstić information content (AvgIpc) is 3.25. The third-order valence-corrected chi connectivity index (χ3v) is 5.94.